The maximum Gasteiger partial charge on any atom is 0.265 e. The van der Waals surface area contributed by atoms with Gasteiger partial charge in [0.2, 0.25) is 0 Å². The van der Waals surface area contributed by atoms with Crippen molar-refractivity contribution in [3.05, 3.63) is 18.2 Å². The van der Waals surface area contributed by atoms with Gasteiger partial charge in [0.25, 0.3) is 5.91 Å². The van der Waals surface area contributed by atoms with Crippen LogP contribution < -0.4 is 25.6 Å². The molecule has 1 aliphatic rings. The highest BCUT2D eigenvalue weighted by Crippen LogP contribution is 2.32. The summed E-state index contributed by atoms with van der Waals surface area (Å²) in [5.41, 5.74) is 1.47. The Balaban J connectivity index is 1.87. The number of anilines is 2. The molecule has 1 heterocycles. The van der Waals surface area contributed by atoms with Crippen LogP contribution in [0.15, 0.2) is 18.2 Å². The van der Waals surface area contributed by atoms with Crippen LogP contribution in [0, 0.1) is 0 Å². The largest absolute Gasteiger partial charge is 0.479 e. The number of carbonyl (C=O) groups is 1. The van der Waals surface area contributed by atoms with Crippen LogP contribution in [0.1, 0.15) is 13.3 Å². The minimum atomic E-state index is -0.465. The van der Waals surface area contributed by atoms with Gasteiger partial charge in [-0.15, -0.1) is 0 Å². The van der Waals surface area contributed by atoms with Crippen LogP contribution in [0.2, 0.25) is 0 Å². The topological polar surface area (TPSA) is 66.8 Å². The van der Waals surface area contributed by atoms with Gasteiger partial charge in [-0.05, 0) is 37.3 Å². The summed E-state index contributed by atoms with van der Waals surface area (Å²) < 4.78 is 5.52. The summed E-state index contributed by atoms with van der Waals surface area (Å²) in [5, 5.41) is 9.68. The molecule has 1 aromatic rings. The van der Waals surface area contributed by atoms with Gasteiger partial charge < -0.3 is 25.6 Å². The van der Waals surface area contributed by atoms with Crippen molar-refractivity contribution >= 4 is 34.6 Å². The highest BCUT2D eigenvalue weighted by atomic mass is 32.1. The lowest BCUT2D eigenvalue weighted by atomic mass is 10.2. The second-order valence-corrected chi connectivity index (χ2v) is 6.06. The van der Waals surface area contributed by atoms with E-state index in [4.69, 9.17) is 17.0 Å². The van der Waals surface area contributed by atoms with E-state index < -0.39 is 6.10 Å². The van der Waals surface area contributed by atoms with Crippen molar-refractivity contribution in [2.75, 3.05) is 37.8 Å². The molecule has 0 saturated carbocycles. The van der Waals surface area contributed by atoms with Crippen LogP contribution in [-0.2, 0) is 4.79 Å². The Hall–Kier alpha value is -1.86. The van der Waals surface area contributed by atoms with Crippen LogP contribution in [0.5, 0.6) is 5.75 Å². The zero-order chi connectivity index (χ0) is 16.1. The highest BCUT2D eigenvalue weighted by molar-refractivity contribution is 7.80. The van der Waals surface area contributed by atoms with Crippen LogP contribution in [0.4, 0.5) is 11.4 Å². The first-order valence-electron chi connectivity index (χ1n) is 7.41. The predicted molar refractivity (Wildman–Crippen MR) is 91.7 cm³/mol. The van der Waals surface area contributed by atoms with Crippen LogP contribution >= 0.6 is 12.2 Å². The molecule has 22 heavy (non-hydrogen) atoms. The number of ether oxygens (including phenoxy) is 1. The fourth-order valence-corrected chi connectivity index (χ4v) is 2.33. The summed E-state index contributed by atoms with van der Waals surface area (Å²) in [4.78, 5) is 13.0. The minimum absolute atomic E-state index is 0.142. The summed E-state index contributed by atoms with van der Waals surface area (Å²) in [6.45, 7) is 3.65. The molecule has 1 aliphatic heterocycles. The van der Waals surface area contributed by atoms with Gasteiger partial charge in [-0.3, -0.25) is 4.79 Å². The quantitative estimate of drug-likeness (QED) is 0.461. The number of nitrogens with one attached hydrogen (secondary N) is 4. The molecule has 0 spiro atoms. The van der Waals surface area contributed by atoms with Gasteiger partial charge in [-0.2, -0.15) is 0 Å². The third-order valence-electron chi connectivity index (χ3n) is 3.31. The second kappa shape index (κ2) is 7.42. The lowest BCUT2D eigenvalue weighted by molar-refractivity contribution is -0.858. The smallest absolute Gasteiger partial charge is 0.265 e. The number of hydrogen-bond donors (Lipinski definition) is 4. The molecule has 0 fully saturated rings. The van der Waals surface area contributed by atoms with E-state index in [1.807, 2.05) is 18.2 Å². The van der Waals surface area contributed by atoms with Crippen molar-refractivity contribution in [2.24, 2.45) is 0 Å². The lowest BCUT2D eigenvalue weighted by Crippen LogP contribution is -3.05. The molecule has 6 nitrogen and oxygen atoms in total. The molecule has 4 N–H and O–H groups in total. The molecular weight excluding hydrogens is 300 g/mol. The van der Waals surface area contributed by atoms with Gasteiger partial charge in [-0.25, -0.2) is 0 Å². The summed E-state index contributed by atoms with van der Waals surface area (Å²) >= 11 is 5.26. The van der Waals surface area contributed by atoms with Crippen LogP contribution in [0.25, 0.3) is 0 Å². The van der Waals surface area contributed by atoms with Gasteiger partial charge in [0.05, 0.1) is 26.3 Å². The first kappa shape index (κ1) is 16.5. The third-order valence-corrected chi connectivity index (χ3v) is 3.55. The van der Waals surface area contributed by atoms with Crippen molar-refractivity contribution < 1.29 is 14.4 Å². The Kier molecular flexibility index (Phi) is 5.57. The van der Waals surface area contributed by atoms with E-state index in [1.165, 1.54) is 4.90 Å². The molecule has 0 aromatic heterocycles. The average Bonchev–Trinajstić information content (AvgIpc) is 2.45. The molecule has 7 heteroatoms. The minimum Gasteiger partial charge on any atom is -0.479 e. The van der Waals surface area contributed by atoms with Gasteiger partial charge >= 0.3 is 0 Å². The zero-order valence-electron chi connectivity index (χ0n) is 13.2. The lowest BCUT2D eigenvalue weighted by Gasteiger charge is -2.23. The van der Waals surface area contributed by atoms with E-state index in [9.17, 15) is 4.79 Å². The maximum atomic E-state index is 11.6. The number of quaternary nitrogens is 1. The molecule has 2 rings (SSSR count). The SMILES string of the molecule is C[C@@H]1Oc2ccc(NC(=S)NCCC[NH+](C)C)cc2NC1=O. The molecule has 1 atom stereocenters. The normalized spacial score (nSPS) is 16.5. The molecule has 1 amide bonds. The number of amides is 1. The Morgan fingerprint density at radius 2 is 2.23 bits per heavy atom. The summed E-state index contributed by atoms with van der Waals surface area (Å²) in [6.07, 6.45) is 0.587. The van der Waals surface area contributed by atoms with Crippen molar-refractivity contribution in [1.82, 2.24) is 5.32 Å². The number of rotatable bonds is 5. The third kappa shape index (κ3) is 4.57. The number of carbonyl (C=O) groups excluding carboxylic acids is 1. The number of fused-ring (bicyclic) bond motifs is 1. The molecule has 0 bridgehead atoms. The zero-order valence-corrected chi connectivity index (χ0v) is 14.0. The molecule has 0 aliphatic carbocycles. The second-order valence-electron chi connectivity index (χ2n) is 5.65. The first-order chi connectivity index (χ1) is 10.5. The molecule has 1 aromatic carbocycles. The van der Waals surface area contributed by atoms with Crippen LogP contribution in [0.3, 0.4) is 0 Å². The fourth-order valence-electron chi connectivity index (χ4n) is 2.11. The molecular formula is C15H23N4O2S+. The Bertz CT molecular complexity index is 562. The molecule has 0 saturated heterocycles. The van der Waals surface area contributed by atoms with E-state index in [0.717, 1.165) is 25.2 Å². The van der Waals surface area contributed by atoms with E-state index in [-0.39, 0.29) is 5.91 Å². The molecule has 0 radical (unpaired) electrons. The summed E-state index contributed by atoms with van der Waals surface area (Å²) in [7, 11) is 4.25. The Morgan fingerprint density at radius 3 is 2.95 bits per heavy atom. The van der Waals surface area contributed by atoms with Crippen molar-refractivity contribution in [3.8, 4) is 5.75 Å². The Labute approximate surface area is 136 Å². The van der Waals surface area contributed by atoms with Gasteiger partial charge in [0.1, 0.15) is 5.75 Å². The first-order valence-corrected chi connectivity index (χ1v) is 7.82. The van der Waals surface area contributed by atoms with E-state index in [1.54, 1.807) is 6.92 Å². The standard InChI is InChI=1S/C15H22N4O2S/c1-10-14(20)18-12-9-11(5-6-13(12)21-10)17-15(22)16-7-4-8-19(2)3/h5-6,9-10H,4,7-8H2,1-3H3,(H,18,20)(H2,16,17,22)/p+1/t10-/m0/s1. The van der Waals surface area contributed by atoms with E-state index in [0.29, 0.717) is 16.5 Å². The highest BCUT2D eigenvalue weighted by Gasteiger charge is 2.23. The van der Waals surface area contributed by atoms with Crippen molar-refractivity contribution in [1.29, 1.82) is 0 Å². The van der Waals surface area contributed by atoms with Gasteiger partial charge in [-0.1, -0.05) is 0 Å². The number of thiocarbonyl (C=S) groups is 1. The van der Waals surface area contributed by atoms with Crippen molar-refractivity contribution in [3.63, 3.8) is 0 Å². The van der Waals surface area contributed by atoms with Crippen LogP contribution in [-0.4, -0.2) is 44.3 Å². The number of hydrogen-bond acceptors (Lipinski definition) is 3. The fraction of sp³-hybridized carbons (Fsp3) is 0.467. The summed E-state index contributed by atoms with van der Waals surface area (Å²) in [6, 6.07) is 5.52. The Morgan fingerprint density at radius 1 is 1.45 bits per heavy atom. The predicted octanol–water partition coefficient (Wildman–Crippen LogP) is 0.227. The van der Waals surface area contributed by atoms with Crippen molar-refractivity contribution in [2.45, 2.75) is 19.4 Å². The van der Waals surface area contributed by atoms with E-state index in [2.05, 4.69) is 30.0 Å². The monoisotopic (exact) mass is 323 g/mol. The molecule has 0 unspecified atom stereocenters. The summed E-state index contributed by atoms with van der Waals surface area (Å²) in [5.74, 6) is 0.530. The maximum absolute atomic E-state index is 11.6. The molecule has 120 valence electrons. The number of benzene rings is 1. The van der Waals surface area contributed by atoms with Gasteiger partial charge in [0, 0.05) is 18.7 Å². The van der Waals surface area contributed by atoms with E-state index >= 15 is 0 Å². The average molecular weight is 323 g/mol. The van der Waals surface area contributed by atoms with Gasteiger partial charge in [0.15, 0.2) is 11.2 Å².